The number of nitrogens with zero attached hydrogens (tertiary/aromatic N) is 3. The summed E-state index contributed by atoms with van der Waals surface area (Å²) in [4.78, 5) is 43.1. The quantitative estimate of drug-likeness (QED) is 0.547. The van der Waals surface area contributed by atoms with Crippen LogP contribution in [0.25, 0.3) is 0 Å². The van der Waals surface area contributed by atoms with Gasteiger partial charge in [0.2, 0.25) is 27.5 Å². The van der Waals surface area contributed by atoms with E-state index in [-0.39, 0.29) is 52.8 Å². The van der Waals surface area contributed by atoms with Crippen molar-refractivity contribution in [1.29, 1.82) is 0 Å². The van der Waals surface area contributed by atoms with Gasteiger partial charge in [-0.3, -0.25) is 14.4 Å². The molecule has 1 saturated carbocycles. The maximum Gasteiger partial charge on any atom is 0.261 e. The summed E-state index contributed by atoms with van der Waals surface area (Å²) in [6.45, 7) is -0.668. The number of fused-ring (bicyclic) bond motifs is 1. The highest BCUT2D eigenvalue weighted by Gasteiger charge is 2.65. The number of hydrogen-bond donors (Lipinski definition) is 1. The van der Waals surface area contributed by atoms with Crippen molar-refractivity contribution in [3.63, 3.8) is 0 Å². The summed E-state index contributed by atoms with van der Waals surface area (Å²) in [6.07, 6.45) is 2.11. The maximum absolute atomic E-state index is 14.1. The first-order chi connectivity index (χ1) is 18.0. The molecule has 38 heavy (non-hydrogen) atoms. The largest absolute Gasteiger partial charge is 0.366 e. The Morgan fingerprint density at radius 2 is 1.68 bits per heavy atom. The molecule has 2 aromatic carbocycles. The molecule has 9 nitrogen and oxygen atoms in total. The Labute approximate surface area is 235 Å². The third-order valence-corrected chi connectivity index (χ3v) is 10.5. The summed E-state index contributed by atoms with van der Waals surface area (Å²) < 4.78 is 29.1. The molecule has 13 heteroatoms. The van der Waals surface area contributed by atoms with E-state index in [0.717, 1.165) is 15.6 Å². The maximum atomic E-state index is 14.1. The van der Waals surface area contributed by atoms with Crippen LogP contribution in [0.5, 0.6) is 0 Å². The van der Waals surface area contributed by atoms with Crippen LogP contribution in [-0.4, -0.2) is 71.1 Å². The van der Waals surface area contributed by atoms with E-state index in [1.807, 2.05) is 0 Å². The van der Waals surface area contributed by atoms with Crippen molar-refractivity contribution in [2.45, 2.75) is 54.7 Å². The van der Waals surface area contributed by atoms with E-state index in [9.17, 15) is 22.8 Å². The minimum atomic E-state index is -4.47. The van der Waals surface area contributed by atoms with E-state index in [1.54, 1.807) is 24.3 Å². The normalized spacial score (nSPS) is 24.8. The number of amides is 3. The topological polar surface area (TPSA) is 121 Å². The number of sulfonamides is 1. The lowest BCUT2D eigenvalue weighted by Gasteiger charge is -2.59. The molecule has 0 aromatic heterocycles. The predicted octanol–water partition coefficient (Wildman–Crippen LogP) is 3.06. The van der Waals surface area contributed by atoms with Crippen LogP contribution < -0.4 is 5.73 Å². The van der Waals surface area contributed by atoms with E-state index in [0.29, 0.717) is 23.4 Å². The van der Waals surface area contributed by atoms with E-state index < -0.39 is 33.5 Å². The van der Waals surface area contributed by atoms with Crippen molar-refractivity contribution in [1.82, 2.24) is 14.1 Å². The average molecular weight is 600 g/mol. The lowest BCUT2D eigenvalue weighted by Crippen LogP contribution is -2.83. The molecule has 2 N–H and O–H groups in total. The highest BCUT2D eigenvalue weighted by atomic mass is 35.5. The van der Waals surface area contributed by atoms with E-state index >= 15 is 0 Å². The van der Waals surface area contributed by atoms with Crippen molar-refractivity contribution in [3.05, 3.63) is 63.1 Å². The van der Waals surface area contributed by atoms with Crippen molar-refractivity contribution < 1.29 is 22.8 Å². The average Bonchev–Trinajstić information content (AvgIpc) is 2.81. The first kappa shape index (κ1) is 27.2. The highest BCUT2D eigenvalue weighted by Crippen LogP contribution is 2.42. The number of carbonyl (C=O) groups excluding carboxylic acids is 3. The van der Waals surface area contributed by atoms with Gasteiger partial charge in [0.15, 0.2) is 0 Å². The number of piperazine rings is 1. The minimum Gasteiger partial charge on any atom is -0.366 e. The zero-order valence-corrected chi connectivity index (χ0v) is 23.2. The molecule has 1 aliphatic carbocycles. The molecule has 2 atom stereocenters. The lowest BCUT2D eigenvalue weighted by molar-refractivity contribution is -0.188. The van der Waals surface area contributed by atoms with Gasteiger partial charge in [-0.1, -0.05) is 46.9 Å². The fraction of sp³-hybridized carbons (Fsp3) is 0.400. The zero-order chi connectivity index (χ0) is 27.4. The molecule has 2 heterocycles. The molecular formula is C25H25Cl3N4O5S. The Morgan fingerprint density at radius 1 is 1.03 bits per heavy atom. The highest BCUT2D eigenvalue weighted by molar-refractivity contribution is 7.89. The zero-order valence-electron chi connectivity index (χ0n) is 20.1. The fourth-order valence-electron chi connectivity index (χ4n) is 5.50. The van der Waals surface area contributed by atoms with Crippen molar-refractivity contribution in [2.75, 3.05) is 13.1 Å². The third kappa shape index (κ3) is 4.36. The summed E-state index contributed by atoms with van der Waals surface area (Å²) in [5, 5.41) is 0.593. The lowest BCUT2D eigenvalue weighted by atomic mass is 9.85. The van der Waals surface area contributed by atoms with Gasteiger partial charge in [0.25, 0.3) is 5.91 Å². The second-order valence-electron chi connectivity index (χ2n) is 9.74. The standard InChI is InChI=1S/C25H25Cl3N4O5S/c26-16-6-4-15(5-7-16)12-20-23(34)30(18-2-1-3-18)14-25(24(29)35)31(11-10-22(33)32(20)25)38(36,37)21-9-8-17(27)13-19(21)28/h4-9,13,18,20H,1-3,10-12,14H2,(H2,29,35). The summed E-state index contributed by atoms with van der Waals surface area (Å²) in [5.74, 6) is -1.92. The Morgan fingerprint density at radius 3 is 2.26 bits per heavy atom. The molecule has 3 amide bonds. The molecule has 202 valence electrons. The number of benzene rings is 2. The van der Waals surface area contributed by atoms with Crippen LogP contribution in [0.4, 0.5) is 0 Å². The number of halogens is 3. The van der Waals surface area contributed by atoms with Crippen LogP contribution in [0.1, 0.15) is 31.2 Å². The van der Waals surface area contributed by atoms with Gasteiger partial charge in [-0.05, 0) is 55.2 Å². The summed E-state index contributed by atoms with van der Waals surface area (Å²) >= 11 is 18.3. The molecule has 5 rings (SSSR count). The van der Waals surface area contributed by atoms with Crippen LogP contribution in [0.3, 0.4) is 0 Å². The van der Waals surface area contributed by atoms with Gasteiger partial charge in [-0.2, -0.15) is 4.31 Å². The molecule has 3 aliphatic rings. The molecule has 0 radical (unpaired) electrons. The molecule has 0 bridgehead atoms. The molecule has 2 unspecified atom stereocenters. The van der Waals surface area contributed by atoms with Crippen LogP contribution in [-0.2, 0) is 30.8 Å². The van der Waals surface area contributed by atoms with Crippen LogP contribution >= 0.6 is 34.8 Å². The molecule has 2 aromatic rings. The number of primary amides is 1. The summed E-state index contributed by atoms with van der Waals surface area (Å²) in [7, 11) is -4.47. The van der Waals surface area contributed by atoms with Crippen molar-refractivity contribution in [2.24, 2.45) is 5.73 Å². The molecule has 0 spiro atoms. The second kappa shape index (κ2) is 9.98. The Bertz CT molecular complexity index is 1420. The van der Waals surface area contributed by atoms with Gasteiger partial charge in [0, 0.05) is 35.5 Å². The summed E-state index contributed by atoms with van der Waals surface area (Å²) in [6, 6.07) is 9.34. The molecule has 2 aliphatic heterocycles. The van der Waals surface area contributed by atoms with E-state index in [4.69, 9.17) is 40.5 Å². The number of rotatable bonds is 6. The van der Waals surface area contributed by atoms with E-state index in [1.165, 1.54) is 23.1 Å². The summed E-state index contributed by atoms with van der Waals surface area (Å²) in [5.41, 5.74) is 4.55. The Hall–Kier alpha value is -2.37. The van der Waals surface area contributed by atoms with Crippen LogP contribution in [0.2, 0.25) is 15.1 Å². The van der Waals surface area contributed by atoms with Gasteiger partial charge >= 0.3 is 0 Å². The fourth-order valence-corrected chi connectivity index (χ4v) is 8.08. The minimum absolute atomic E-state index is 0.0512. The van der Waals surface area contributed by atoms with Gasteiger partial charge in [0.05, 0.1) is 11.6 Å². The van der Waals surface area contributed by atoms with Gasteiger partial charge in [0.1, 0.15) is 10.9 Å². The third-order valence-electron chi connectivity index (χ3n) is 7.59. The number of nitrogens with two attached hydrogens (primary N) is 1. The smallest absolute Gasteiger partial charge is 0.261 e. The van der Waals surface area contributed by atoms with Crippen LogP contribution in [0, 0.1) is 0 Å². The Balaban J connectivity index is 1.67. The molecule has 2 saturated heterocycles. The monoisotopic (exact) mass is 598 g/mol. The van der Waals surface area contributed by atoms with Crippen LogP contribution in [0.15, 0.2) is 47.4 Å². The number of carbonyl (C=O) groups is 3. The van der Waals surface area contributed by atoms with Gasteiger partial charge in [-0.15, -0.1) is 0 Å². The molecular weight excluding hydrogens is 575 g/mol. The number of hydrogen-bond acceptors (Lipinski definition) is 5. The SMILES string of the molecule is NC(=O)C12CN(C3CCC3)C(=O)C(Cc3ccc(Cl)cc3)N1C(=O)CCN2S(=O)(=O)c1ccc(Cl)cc1Cl. The Kier molecular flexibility index (Phi) is 7.15. The second-order valence-corrected chi connectivity index (χ2v) is 12.9. The van der Waals surface area contributed by atoms with Gasteiger partial charge in [-0.25, -0.2) is 8.42 Å². The first-order valence-electron chi connectivity index (χ1n) is 12.1. The first-order valence-corrected chi connectivity index (χ1v) is 14.7. The molecule has 3 fully saturated rings. The predicted molar refractivity (Wildman–Crippen MR) is 142 cm³/mol. The van der Waals surface area contributed by atoms with Crippen molar-refractivity contribution in [3.8, 4) is 0 Å². The van der Waals surface area contributed by atoms with Crippen molar-refractivity contribution >= 4 is 62.5 Å². The van der Waals surface area contributed by atoms with E-state index in [2.05, 4.69) is 0 Å². The van der Waals surface area contributed by atoms with Gasteiger partial charge < -0.3 is 15.5 Å².